The van der Waals surface area contributed by atoms with Gasteiger partial charge in [0.05, 0.1) is 17.9 Å². The van der Waals surface area contributed by atoms with E-state index in [2.05, 4.69) is 69.0 Å². The number of phenolic OH excluding ortho intramolecular Hbond substituents is 2. The zero-order valence-electron chi connectivity index (χ0n) is 12.6. The van der Waals surface area contributed by atoms with Crippen LogP contribution in [0.2, 0.25) is 0 Å². The fraction of sp³-hybridized carbons (Fsp3) is 0.188. The number of hydrogen-bond acceptors (Lipinski definition) is 4. The third kappa shape index (κ3) is 5.43. The minimum absolute atomic E-state index is 0.0716. The second kappa shape index (κ2) is 8.85. The molecule has 0 spiro atoms. The predicted octanol–water partition coefficient (Wildman–Crippen LogP) is 4.93. The van der Waals surface area contributed by atoms with E-state index in [9.17, 15) is 20.1 Å². The molecule has 4 N–H and O–H groups in total. The fourth-order valence-electron chi connectivity index (χ4n) is 2.18. The van der Waals surface area contributed by atoms with Crippen molar-refractivity contribution in [2.45, 2.75) is 19.0 Å². The van der Waals surface area contributed by atoms with Crippen LogP contribution in [0.3, 0.4) is 0 Å². The normalized spacial score (nSPS) is 12.2. The van der Waals surface area contributed by atoms with Crippen molar-refractivity contribution in [2.75, 3.05) is 0 Å². The molecule has 2 aromatic rings. The van der Waals surface area contributed by atoms with Gasteiger partial charge in [-0.3, -0.25) is 4.79 Å². The first kappa shape index (κ1) is 20.7. The van der Waals surface area contributed by atoms with Crippen LogP contribution in [0.5, 0.6) is 11.5 Å². The first-order chi connectivity index (χ1) is 11.7. The minimum atomic E-state index is -0.975. The summed E-state index contributed by atoms with van der Waals surface area (Å²) < 4.78 is 2.04. The largest absolute Gasteiger partial charge is 0.506 e. The summed E-state index contributed by atoms with van der Waals surface area (Å²) in [5.74, 6) is -0.808. The van der Waals surface area contributed by atoms with E-state index < -0.39 is 12.0 Å². The van der Waals surface area contributed by atoms with E-state index in [1.807, 2.05) is 0 Å². The number of benzene rings is 2. The highest BCUT2D eigenvalue weighted by Crippen LogP contribution is 2.34. The van der Waals surface area contributed by atoms with Gasteiger partial charge in [0.15, 0.2) is 0 Å². The molecule has 0 unspecified atom stereocenters. The third-order valence-electron chi connectivity index (χ3n) is 3.44. The molecule has 0 fully saturated rings. The maximum Gasteiger partial charge on any atom is 0.321 e. The van der Waals surface area contributed by atoms with Crippen LogP contribution in [0.15, 0.2) is 42.2 Å². The van der Waals surface area contributed by atoms with Gasteiger partial charge in [-0.25, -0.2) is 0 Å². The number of nitrogens with one attached hydrogen (secondary N) is 1. The van der Waals surface area contributed by atoms with Gasteiger partial charge in [-0.15, -0.1) is 0 Å². The van der Waals surface area contributed by atoms with Crippen molar-refractivity contribution in [3.05, 3.63) is 53.3 Å². The highest BCUT2D eigenvalue weighted by Gasteiger charge is 2.19. The lowest BCUT2D eigenvalue weighted by Crippen LogP contribution is -2.38. The van der Waals surface area contributed by atoms with Gasteiger partial charge in [-0.1, -0.05) is 0 Å². The highest BCUT2D eigenvalue weighted by molar-refractivity contribution is 9.11. The van der Waals surface area contributed by atoms with Gasteiger partial charge in [0.25, 0.3) is 0 Å². The molecule has 25 heavy (non-hydrogen) atoms. The highest BCUT2D eigenvalue weighted by atomic mass is 79.9. The van der Waals surface area contributed by atoms with Crippen LogP contribution >= 0.6 is 63.7 Å². The molecule has 0 aliphatic rings. The molecule has 0 amide bonds. The molecule has 0 heterocycles. The summed E-state index contributed by atoms with van der Waals surface area (Å²) >= 11 is 13.0. The molecule has 5 nitrogen and oxygen atoms in total. The van der Waals surface area contributed by atoms with Crippen LogP contribution in [0, 0.1) is 0 Å². The summed E-state index contributed by atoms with van der Waals surface area (Å²) in [6, 6.07) is 6.01. The van der Waals surface area contributed by atoms with E-state index in [0.29, 0.717) is 24.4 Å². The summed E-state index contributed by atoms with van der Waals surface area (Å²) in [6.07, 6.45) is 0.243. The van der Waals surface area contributed by atoms with Gasteiger partial charge in [0, 0.05) is 6.54 Å². The van der Waals surface area contributed by atoms with Gasteiger partial charge in [-0.2, -0.15) is 0 Å². The number of hydrogen-bond donors (Lipinski definition) is 4. The Hall–Kier alpha value is -0.610. The molecular weight excluding hydrogens is 590 g/mol. The van der Waals surface area contributed by atoms with Crippen molar-refractivity contribution in [1.29, 1.82) is 0 Å². The number of carbonyl (C=O) groups is 1. The van der Waals surface area contributed by atoms with Gasteiger partial charge in [0.1, 0.15) is 17.5 Å². The molecular formula is C16H13Br4NO4. The van der Waals surface area contributed by atoms with Crippen molar-refractivity contribution in [1.82, 2.24) is 5.32 Å². The minimum Gasteiger partial charge on any atom is -0.506 e. The quantitative estimate of drug-likeness (QED) is 0.377. The lowest BCUT2D eigenvalue weighted by Gasteiger charge is -2.16. The fourth-order valence-corrected chi connectivity index (χ4v) is 4.74. The molecule has 0 saturated heterocycles. The third-order valence-corrected chi connectivity index (χ3v) is 5.86. The standard InChI is InChI=1S/C16H13Br4NO4/c17-9-1-7(2-10(18)14(9)22)5-13(16(24)25)21-6-8-3-11(19)15(23)12(20)4-8/h1-4,13,21-23H,5-6H2,(H,24,25)/t13-/m0/s1. The summed E-state index contributed by atoms with van der Waals surface area (Å²) in [5.41, 5.74) is 1.57. The maximum absolute atomic E-state index is 11.6. The molecule has 1 atom stereocenters. The molecule has 2 aromatic carbocycles. The Balaban J connectivity index is 2.13. The SMILES string of the molecule is O=C(O)[C@H](Cc1cc(Br)c(O)c(Br)c1)NCc1cc(Br)c(O)c(Br)c1. The van der Waals surface area contributed by atoms with Gasteiger partial charge >= 0.3 is 5.97 Å². The van der Waals surface area contributed by atoms with Crippen LogP contribution in [0.1, 0.15) is 11.1 Å². The van der Waals surface area contributed by atoms with Gasteiger partial charge in [0.2, 0.25) is 0 Å². The van der Waals surface area contributed by atoms with Crippen LogP contribution in [-0.4, -0.2) is 27.3 Å². The maximum atomic E-state index is 11.6. The van der Waals surface area contributed by atoms with Crippen LogP contribution in [-0.2, 0) is 17.8 Å². The average molecular weight is 603 g/mol. The number of aromatic hydroxyl groups is 2. The molecule has 0 bridgehead atoms. The van der Waals surface area contributed by atoms with Crippen molar-refractivity contribution < 1.29 is 20.1 Å². The summed E-state index contributed by atoms with van der Waals surface area (Å²) in [7, 11) is 0. The number of carboxylic acids is 1. The lowest BCUT2D eigenvalue weighted by atomic mass is 10.1. The van der Waals surface area contributed by atoms with E-state index in [1.54, 1.807) is 24.3 Å². The first-order valence-electron chi connectivity index (χ1n) is 6.99. The second-order valence-corrected chi connectivity index (χ2v) is 8.71. The second-order valence-electron chi connectivity index (χ2n) is 5.29. The zero-order chi connectivity index (χ0) is 18.7. The summed E-state index contributed by atoms with van der Waals surface area (Å²) in [5, 5.41) is 31.9. The van der Waals surface area contributed by atoms with Crippen molar-refractivity contribution in [3.63, 3.8) is 0 Å². The molecule has 0 radical (unpaired) electrons. The van der Waals surface area contributed by atoms with E-state index in [-0.39, 0.29) is 17.9 Å². The zero-order valence-corrected chi connectivity index (χ0v) is 18.9. The first-order valence-corrected chi connectivity index (χ1v) is 10.2. The molecule has 0 aliphatic heterocycles. The summed E-state index contributed by atoms with van der Waals surface area (Å²) in [4.78, 5) is 11.6. The van der Waals surface area contributed by atoms with E-state index in [4.69, 9.17) is 0 Å². The summed E-state index contributed by atoms with van der Waals surface area (Å²) in [6.45, 7) is 0.314. The smallest absolute Gasteiger partial charge is 0.321 e. The Bertz CT molecular complexity index is 767. The molecule has 0 saturated carbocycles. The van der Waals surface area contributed by atoms with Crippen LogP contribution in [0.25, 0.3) is 0 Å². The van der Waals surface area contributed by atoms with E-state index in [0.717, 1.165) is 11.1 Å². The Kier molecular flexibility index (Phi) is 7.33. The number of halogens is 4. The van der Waals surface area contributed by atoms with Gasteiger partial charge in [-0.05, 0) is 106 Å². The Morgan fingerprint density at radius 2 is 1.28 bits per heavy atom. The number of aliphatic carboxylic acids is 1. The number of rotatable bonds is 6. The topological polar surface area (TPSA) is 89.8 Å². The van der Waals surface area contributed by atoms with E-state index >= 15 is 0 Å². The molecule has 9 heteroatoms. The number of carboxylic acid groups (broad SMARTS) is 1. The number of phenols is 2. The van der Waals surface area contributed by atoms with Crippen molar-refractivity contribution >= 4 is 69.7 Å². The van der Waals surface area contributed by atoms with E-state index in [1.165, 1.54) is 0 Å². The lowest BCUT2D eigenvalue weighted by molar-refractivity contribution is -0.139. The monoisotopic (exact) mass is 599 g/mol. The van der Waals surface area contributed by atoms with Gasteiger partial charge < -0.3 is 20.6 Å². The van der Waals surface area contributed by atoms with Crippen molar-refractivity contribution in [2.24, 2.45) is 0 Å². The predicted molar refractivity (Wildman–Crippen MR) is 109 cm³/mol. The molecule has 2 rings (SSSR count). The van der Waals surface area contributed by atoms with Crippen LogP contribution in [0.4, 0.5) is 0 Å². The average Bonchev–Trinajstić information content (AvgIpc) is 2.53. The molecule has 134 valence electrons. The van der Waals surface area contributed by atoms with Crippen molar-refractivity contribution in [3.8, 4) is 11.5 Å². The Labute approximate surface area is 178 Å². The molecule has 0 aliphatic carbocycles. The Morgan fingerprint density at radius 3 is 1.68 bits per heavy atom. The van der Waals surface area contributed by atoms with Crippen LogP contribution < -0.4 is 5.32 Å². The molecule has 0 aromatic heterocycles. The Morgan fingerprint density at radius 1 is 0.880 bits per heavy atom.